The number of urea groups is 1. The molecule has 1 aliphatic rings. The van der Waals surface area contributed by atoms with E-state index >= 15 is 0 Å². The van der Waals surface area contributed by atoms with Crippen LogP contribution in [-0.4, -0.2) is 35.7 Å². The lowest BCUT2D eigenvalue weighted by molar-refractivity contribution is 0.0576. The number of aliphatic hydroxyl groups is 1. The van der Waals surface area contributed by atoms with E-state index < -0.39 is 0 Å². The fourth-order valence-corrected chi connectivity index (χ4v) is 3.59. The highest BCUT2D eigenvalue weighted by Gasteiger charge is 2.36. The van der Waals surface area contributed by atoms with E-state index in [1.807, 2.05) is 24.3 Å². The number of carbonyl (C=O) groups is 1. The molecule has 0 spiro atoms. The van der Waals surface area contributed by atoms with Gasteiger partial charge in [-0.3, -0.25) is 0 Å². The molecule has 0 atom stereocenters. The molecule has 1 heterocycles. The number of anilines is 1. The second kappa shape index (κ2) is 8.06. The van der Waals surface area contributed by atoms with Gasteiger partial charge >= 0.3 is 6.03 Å². The topological polar surface area (TPSA) is 52.6 Å². The summed E-state index contributed by atoms with van der Waals surface area (Å²) in [4.78, 5) is 14.1. The lowest BCUT2D eigenvalue weighted by Gasteiger charge is -2.41. The SMILES string of the molecule is O=C(Nc1cccc(F)c1)N1CCC(CO)(Cc2ccccc2Cl)CC1. The van der Waals surface area contributed by atoms with Crippen molar-refractivity contribution in [2.24, 2.45) is 5.41 Å². The summed E-state index contributed by atoms with van der Waals surface area (Å²) < 4.78 is 13.2. The van der Waals surface area contributed by atoms with E-state index in [-0.39, 0.29) is 23.9 Å². The number of aliphatic hydroxyl groups excluding tert-OH is 1. The molecule has 0 unspecified atom stereocenters. The van der Waals surface area contributed by atoms with Crippen LogP contribution in [0.25, 0.3) is 0 Å². The molecule has 3 rings (SSSR count). The maximum absolute atomic E-state index is 13.2. The molecule has 26 heavy (non-hydrogen) atoms. The predicted octanol–water partition coefficient (Wildman–Crippen LogP) is 4.33. The molecule has 138 valence electrons. The summed E-state index contributed by atoms with van der Waals surface area (Å²) >= 11 is 6.26. The number of benzene rings is 2. The van der Waals surface area contributed by atoms with Gasteiger partial charge in [0.2, 0.25) is 0 Å². The van der Waals surface area contributed by atoms with Crippen molar-refractivity contribution in [1.29, 1.82) is 0 Å². The van der Waals surface area contributed by atoms with E-state index in [0.29, 0.717) is 43.1 Å². The molecule has 2 amide bonds. The zero-order valence-electron chi connectivity index (χ0n) is 14.4. The summed E-state index contributed by atoms with van der Waals surface area (Å²) in [5.41, 5.74) is 1.17. The largest absolute Gasteiger partial charge is 0.396 e. The Morgan fingerprint density at radius 1 is 1.19 bits per heavy atom. The average molecular weight is 377 g/mol. The highest BCUT2D eigenvalue weighted by atomic mass is 35.5. The molecular formula is C20H22ClFN2O2. The number of hydrogen-bond donors (Lipinski definition) is 2. The Morgan fingerprint density at radius 2 is 1.92 bits per heavy atom. The molecule has 6 heteroatoms. The number of piperidine rings is 1. The third kappa shape index (κ3) is 4.34. The molecule has 2 aromatic carbocycles. The Morgan fingerprint density at radius 3 is 2.58 bits per heavy atom. The number of nitrogens with zero attached hydrogens (tertiary/aromatic N) is 1. The van der Waals surface area contributed by atoms with E-state index in [2.05, 4.69) is 5.32 Å². The Labute approximate surface area is 157 Å². The molecular weight excluding hydrogens is 355 g/mol. The molecule has 2 aromatic rings. The standard InChI is InChI=1S/C20H22ClFN2O2/c21-18-7-2-1-4-15(18)13-20(14-25)8-10-24(11-9-20)19(26)23-17-6-3-5-16(22)12-17/h1-7,12,25H,8-11,13-14H2,(H,23,26). The molecule has 0 radical (unpaired) electrons. The van der Waals surface area contributed by atoms with Crippen molar-refractivity contribution in [3.63, 3.8) is 0 Å². The first kappa shape index (κ1) is 18.7. The van der Waals surface area contributed by atoms with E-state index in [1.165, 1.54) is 12.1 Å². The van der Waals surface area contributed by atoms with Gasteiger partial charge in [-0.2, -0.15) is 0 Å². The van der Waals surface area contributed by atoms with Gasteiger partial charge in [-0.1, -0.05) is 35.9 Å². The van der Waals surface area contributed by atoms with Gasteiger partial charge in [-0.25, -0.2) is 9.18 Å². The van der Waals surface area contributed by atoms with E-state index in [4.69, 9.17) is 11.6 Å². The van der Waals surface area contributed by atoms with Crippen LogP contribution in [0.3, 0.4) is 0 Å². The Hall–Kier alpha value is -2.11. The molecule has 1 aliphatic heterocycles. The van der Waals surface area contributed by atoms with Crippen LogP contribution in [0.5, 0.6) is 0 Å². The van der Waals surface area contributed by atoms with Crippen molar-refractivity contribution in [3.8, 4) is 0 Å². The van der Waals surface area contributed by atoms with Crippen LogP contribution in [0.2, 0.25) is 5.02 Å². The number of carbonyl (C=O) groups excluding carboxylic acids is 1. The summed E-state index contributed by atoms with van der Waals surface area (Å²) in [5, 5.41) is 13.4. The second-order valence-corrected chi connectivity index (χ2v) is 7.26. The number of nitrogens with one attached hydrogen (secondary N) is 1. The number of likely N-dealkylation sites (tertiary alicyclic amines) is 1. The van der Waals surface area contributed by atoms with Gasteiger partial charge in [0.05, 0.1) is 0 Å². The van der Waals surface area contributed by atoms with Crippen molar-refractivity contribution in [1.82, 2.24) is 4.90 Å². The van der Waals surface area contributed by atoms with Gasteiger partial charge < -0.3 is 15.3 Å². The van der Waals surface area contributed by atoms with Crippen molar-refractivity contribution < 1.29 is 14.3 Å². The molecule has 1 fully saturated rings. The molecule has 1 saturated heterocycles. The highest BCUT2D eigenvalue weighted by Crippen LogP contribution is 2.36. The normalized spacial score (nSPS) is 16.3. The van der Waals surface area contributed by atoms with Crippen LogP contribution < -0.4 is 5.32 Å². The first-order valence-electron chi connectivity index (χ1n) is 8.67. The number of amides is 2. The van der Waals surface area contributed by atoms with Crippen LogP contribution in [0.15, 0.2) is 48.5 Å². The summed E-state index contributed by atoms with van der Waals surface area (Å²) in [7, 11) is 0. The van der Waals surface area contributed by atoms with Crippen molar-refractivity contribution in [3.05, 3.63) is 64.9 Å². The third-order valence-electron chi connectivity index (χ3n) is 5.05. The first-order valence-corrected chi connectivity index (χ1v) is 9.05. The second-order valence-electron chi connectivity index (χ2n) is 6.85. The summed E-state index contributed by atoms with van der Waals surface area (Å²) in [6, 6.07) is 13.2. The fourth-order valence-electron chi connectivity index (χ4n) is 3.39. The van der Waals surface area contributed by atoms with Gasteiger partial charge in [0.1, 0.15) is 5.82 Å². The molecule has 0 aliphatic carbocycles. The van der Waals surface area contributed by atoms with Gasteiger partial charge in [-0.15, -0.1) is 0 Å². The lowest BCUT2D eigenvalue weighted by atomic mass is 9.74. The van der Waals surface area contributed by atoms with E-state index in [0.717, 1.165) is 5.56 Å². The average Bonchev–Trinajstić information content (AvgIpc) is 2.64. The van der Waals surface area contributed by atoms with Crippen LogP contribution in [0, 0.1) is 11.2 Å². The van der Waals surface area contributed by atoms with Crippen LogP contribution >= 0.6 is 11.6 Å². The number of hydrogen-bond acceptors (Lipinski definition) is 2. The zero-order valence-corrected chi connectivity index (χ0v) is 15.2. The Kier molecular flexibility index (Phi) is 5.79. The smallest absolute Gasteiger partial charge is 0.321 e. The quantitative estimate of drug-likeness (QED) is 0.834. The van der Waals surface area contributed by atoms with Crippen molar-refractivity contribution in [2.75, 3.05) is 25.0 Å². The molecule has 0 bridgehead atoms. The van der Waals surface area contributed by atoms with Gasteiger partial charge in [-0.05, 0) is 49.1 Å². The highest BCUT2D eigenvalue weighted by molar-refractivity contribution is 6.31. The minimum Gasteiger partial charge on any atom is -0.396 e. The minimum absolute atomic E-state index is 0.0532. The van der Waals surface area contributed by atoms with Crippen molar-refractivity contribution in [2.45, 2.75) is 19.3 Å². The maximum Gasteiger partial charge on any atom is 0.321 e. The molecule has 4 nitrogen and oxygen atoms in total. The lowest BCUT2D eigenvalue weighted by Crippen LogP contribution is -2.47. The fraction of sp³-hybridized carbons (Fsp3) is 0.350. The Balaban J connectivity index is 1.61. The molecule has 0 saturated carbocycles. The third-order valence-corrected chi connectivity index (χ3v) is 5.41. The van der Waals surface area contributed by atoms with Crippen LogP contribution in [-0.2, 0) is 6.42 Å². The van der Waals surface area contributed by atoms with Crippen LogP contribution in [0.4, 0.5) is 14.9 Å². The van der Waals surface area contributed by atoms with Gasteiger partial charge in [0.25, 0.3) is 0 Å². The minimum atomic E-state index is -0.388. The number of rotatable bonds is 4. The van der Waals surface area contributed by atoms with Gasteiger partial charge in [0, 0.05) is 35.8 Å². The summed E-state index contributed by atoms with van der Waals surface area (Å²) in [6.45, 7) is 1.12. The first-order chi connectivity index (χ1) is 12.5. The molecule has 2 N–H and O–H groups in total. The zero-order chi connectivity index (χ0) is 18.6. The maximum atomic E-state index is 13.2. The van der Waals surface area contributed by atoms with Crippen molar-refractivity contribution >= 4 is 23.3 Å². The molecule has 0 aromatic heterocycles. The monoisotopic (exact) mass is 376 g/mol. The van der Waals surface area contributed by atoms with Gasteiger partial charge in [0.15, 0.2) is 0 Å². The summed E-state index contributed by atoms with van der Waals surface area (Å²) in [5.74, 6) is -0.388. The van der Waals surface area contributed by atoms with E-state index in [9.17, 15) is 14.3 Å². The summed E-state index contributed by atoms with van der Waals surface area (Å²) in [6.07, 6.45) is 2.05. The predicted molar refractivity (Wildman–Crippen MR) is 101 cm³/mol. The van der Waals surface area contributed by atoms with Crippen LogP contribution in [0.1, 0.15) is 18.4 Å². The Bertz CT molecular complexity index is 776. The number of halogens is 2. The van der Waals surface area contributed by atoms with E-state index in [1.54, 1.807) is 17.0 Å².